The number of nitrogens with zero attached hydrogens (tertiary/aromatic N) is 2. The van der Waals surface area contributed by atoms with Gasteiger partial charge in [0.2, 0.25) is 0 Å². The molecular formula is C13H16N4O3. The molecule has 2 unspecified atom stereocenters. The van der Waals surface area contributed by atoms with Gasteiger partial charge >= 0.3 is 0 Å². The standard InChI is InChI=1S/C13H16N4O3/c1-15-10-4-11(16-5-7-2-8(7)6-16)9(13(14)18)3-12(10)17(19)20/h3-4,7-8,15H,2,5-6H2,1H3,(H2,14,18). The molecule has 106 valence electrons. The predicted octanol–water partition coefficient (Wildman–Crippen LogP) is 1.19. The first-order valence-electron chi connectivity index (χ1n) is 6.56. The van der Waals surface area contributed by atoms with Crippen molar-refractivity contribution < 1.29 is 9.72 Å². The number of primary amides is 1. The summed E-state index contributed by atoms with van der Waals surface area (Å²) in [7, 11) is 1.62. The molecule has 2 aliphatic rings. The van der Waals surface area contributed by atoms with Crippen molar-refractivity contribution >= 4 is 23.0 Å². The number of carbonyl (C=O) groups is 1. The fourth-order valence-corrected chi connectivity index (χ4v) is 2.98. The maximum atomic E-state index is 11.6. The van der Waals surface area contributed by atoms with Crippen molar-refractivity contribution in [2.75, 3.05) is 30.4 Å². The summed E-state index contributed by atoms with van der Waals surface area (Å²) in [6, 6.07) is 2.93. The van der Waals surface area contributed by atoms with Gasteiger partial charge in [-0.25, -0.2) is 0 Å². The van der Waals surface area contributed by atoms with Gasteiger partial charge in [-0.3, -0.25) is 14.9 Å². The number of anilines is 2. The molecule has 1 aromatic rings. The molecule has 20 heavy (non-hydrogen) atoms. The molecule has 2 fully saturated rings. The second-order valence-corrected chi connectivity index (χ2v) is 5.42. The summed E-state index contributed by atoms with van der Waals surface area (Å²) in [5, 5.41) is 13.9. The third kappa shape index (κ3) is 1.95. The van der Waals surface area contributed by atoms with Crippen molar-refractivity contribution in [3.05, 3.63) is 27.8 Å². The van der Waals surface area contributed by atoms with Crippen LogP contribution in [0, 0.1) is 22.0 Å². The molecule has 1 aliphatic heterocycles. The van der Waals surface area contributed by atoms with E-state index in [1.165, 1.54) is 12.5 Å². The average Bonchev–Trinajstić information content (AvgIpc) is 3.03. The number of carbonyl (C=O) groups excluding carboxylic acids is 1. The summed E-state index contributed by atoms with van der Waals surface area (Å²) in [6.07, 6.45) is 1.24. The van der Waals surface area contributed by atoms with Gasteiger partial charge in [-0.2, -0.15) is 0 Å². The minimum atomic E-state index is -0.633. The lowest BCUT2D eigenvalue weighted by molar-refractivity contribution is -0.383. The molecule has 2 atom stereocenters. The molecule has 1 heterocycles. The van der Waals surface area contributed by atoms with Crippen LogP contribution in [0.25, 0.3) is 0 Å². The summed E-state index contributed by atoms with van der Waals surface area (Å²) in [5.41, 5.74) is 6.56. The van der Waals surface area contributed by atoms with E-state index in [4.69, 9.17) is 5.73 Å². The lowest BCUT2D eigenvalue weighted by Crippen LogP contribution is -2.26. The lowest BCUT2D eigenvalue weighted by Gasteiger charge is -2.23. The lowest BCUT2D eigenvalue weighted by atomic mass is 10.1. The Balaban J connectivity index is 2.06. The first-order valence-corrected chi connectivity index (χ1v) is 6.56. The molecular weight excluding hydrogens is 260 g/mol. The number of nitro benzene ring substituents is 1. The van der Waals surface area contributed by atoms with Gasteiger partial charge in [0, 0.05) is 26.2 Å². The summed E-state index contributed by atoms with van der Waals surface area (Å²) >= 11 is 0. The zero-order chi connectivity index (χ0) is 14.4. The van der Waals surface area contributed by atoms with Crippen molar-refractivity contribution in [3.63, 3.8) is 0 Å². The monoisotopic (exact) mass is 276 g/mol. The Morgan fingerprint density at radius 3 is 2.60 bits per heavy atom. The smallest absolute Gasteiger partial charge is 0.293 e. The summed E-state index contributed by atoms with van der Waals surface area (Å²) in [5.74, 6) is 0.763. The maximum absolute atomic E-state index is 11.6. The third-order valence-electron chi connectivity index (χ3n) is 4.17. The number of hydrogen-bond donors (Lipinski definition) is 2. The molecule has 3 N–H and O–H groups in total. The molecule has 1 saturated carbocycles. The van der Waals surface area contributed by atoms with Gasteiger partial charge in [0.15, 0.2) is 0 Å². The minimum absolute atomic E-state index is 0.130. The normalized spacial score (nSPS) is 23.4. The number of piperidine rings is 1. The highest BCUT2D eigenvalue weighted by Gasteiger charge is 2.45. The Morgan fingerprint density at radius 1 is 1.45 bits per heavy atom. The van der Waals surface area contributed by atoms with E-state index in [0.29, 0.717) is 23.2 Å². The van der Waals surface area contributed by atoms with E-state index in [9.17, 15) is 14.9 Å². The van der Waals surface area contributed by atoms with E-state index < -0.39 is 10.8 Å². The Hall–Kier alpha value is -2.31. The number of benzene rings is 1. The van der Waals surface area contributed by atoms with Gasteiger partial charge < -0.3 is 16.0 Å². The molecule has 1 amide bonds. The van der Waals surface area contributed by atoms with Crippen LogP contribution >= 0.6 is 0 Å². The zero-order valence-electron chi connectivity index (χ0n) is 11.1. The van der Waals surface area contributed by atoms with Gasteiger partial charge in [0.1, 0.15) is 5.69 Å². The van der Waals surface area contributed by atoms with Gasteiger partial charge in [0.05, 0.1) is 16.2 Å². The molecule has 7 nitrogen and oxygen atoms in total. The van der Waals surface area contributed by atoms with Crippen LogP contribution in [-0.4, -0.2) is 31.0 Å². The Labute approximate surface area is 115 Å². The van der Waals surface area contributed by atoms with Gasteiger partial charge in [0.25, 0.3) is 11.6 Å². The number of nitrogens with one attached hydrogen (secondary N) is 1. The number of fused-ring (bicyclic) bond motifs is 1. The first kappa shape index (κ1) is 12.7. The van der Waals surface area contributed by atoms with Crippen LogP contribution < -0.4 is 16.0 Å². The zero-order valence-corrected chi connectivity index (χ0v) is 11.1. The maximum Gasteiger partial charge on any atom is 0.293 e. The summed E-state index contributed by atoms with van der Waals surface area (Å²) in [6.45, 7) is 1.79. The molecule has 1 aromatic carbocycles. The third-order valence-corrected chi connectivity index (χ3v) is 4.17. The molecule has 1 aliphatic carbocycles. The van der Waals surface area contributed by atoms with Crippen molar-refractivity contribution in [2.45, 2.75) is 6.42 Å². The molecule has 0 radical (unpaired) electrons. The van der Waals surface area contributed by atoms with E-state index in [1.807, 2.05) is 0 Å². The highest BCUT2D eigenvalue weighted by atomic mass is 16.6. The van der Waals surface area contributed by atoms with Crippen LogP contribution in [0.1, 0.15) is 16.8 Å². The fraction of sp³-hybridized carbons (Fsp3) is 0.462. The highest BCUT2D eigenvalue weighted by Crippen LogP contribution is 2.47. The molecule has 0 bridgehead atoms. The van der Waals surface area contributed by atoms with Crippen molar-refractivity contribution in [2.24, 2.45) is 17.6 Å². The van der Waals surface area contributed by atoms with E-state index >= 15 is 0 Å². The van der Waals surface area contributed by atoms with Gasteiger partial charge in [-0.1, -0.05) is 0 Å². The van der Waals surface area contributed by atoms with Crippen LogP contribution in [-0.2, 0) is 0 Å². The van der Waals surface area contributed by atoms with Gasteiger partial charge in [-0.15, -0.1) is 0 Å². The van der Waals surface area contributed by atoms with Crippen LogP contribution in [0.2, 0.25) is 0 Å². The van der Waals surface area contributed by atoms with E-state index in [-0.39, 0.29) is 11.3 Å². The van der Waals surface area contributed by atoms with E-state index in [1.54, 1.807) is 13.1 Å². The quantitative estimate of drug-likeness (QED) is 0.635. The van der Waals surface area contributed by atoms with Crippen LogP contribution in [0.5, 0.6) is 0 Å². The van der Waals surface area contributed by atoms with E-state index in [2.05, 4.69) is 10.2 Å². The SMILES string of the molecule is CNc1cc(N2CC3CC3C2)c(C(N)=O)cc1[N+](=O)[O-]. The Bertz CT molecular complexity index is 592. The Morgan fingerprint density at radius 2 is 2.10 bits per heavy atom. The van der Waals surface area contributed by atoms with Crippen molar-refractivity contribution in [1.29, 1.82) is 0 Å². The van der Waals surface area contributed by atoms with Crippen molar-refractivity contribution in [1.82, 2.24) is 0 Å². The topological polar surface area (TPSA) is 102 Å². The number of amides is 1. The molecule has 0 aromatic heterocycles. The van der Waals surface area contributed by atoms with Crippen LogP contribution in [0.4, 0.5) is 17.1 Å². The molecule has 0 spiro atoms. The summed E-state index contributed by atoms with van der Waals surface area (Å²) < 4.78 is 0. The van der Waals surface area contributed by atoms with E-state index in [0.717, 1.165) is 13.1 Å². The summed E-state index contributed by atoms with van der Waals surface area (Å²) in [4.78, 5) is 24.2. The molecule has 3 rings (SSSR count). The van der Waals surface area contributed by atoms with Crippen molar-refractivity contribution in [3.8, 4) is 0 Å². The average molecular weight is 276 g/mol. The number of nitrogens with two attached hydrogens (primary N) is 1. The first-order chi connectivity index (χ1) is 9.51. The fourth-order valence-electron chi connectivity index (χ4n) is 2.98. The minimum Gasteiger partial charge on any atom is -0.383 e. The van der Waals surface area contributed by atoms with Gasteiger partial charge in [-0.05, 0) is 24.3 Å². The second kappa shape index (κ2) is 4.36. The molecule has 1 saturated heterocycles. The number of hydrogen-bond acceptors (Lipinski definition) is 5. The highest BCUT2D eigenvalue weighted by molar-refractivity contribution is 6.01. The Kier molecular flexibility index (Phi) is 2.77. The largest absolute Gasteiger partial charge is 0.383 e. The molecule has 7 heteroatoms. The number of rotatable bonds is 4. The number of nitro groups is 1. The van der Waals surface area contributed by atoms with Crippen LogP contribution in [0.3, 0.4) is 0 Å². The van der Waals surface area contributed by atoms with Crippen LogP contribution in [0.15, 0.2) is 12.1 Å². The predicted molar refractivity (Wildman–Crippen MR) is 75.0 cm³/mol. The second-order valence-electron chi connectivity index (χ2n) is 5.42.